The average molecular weight is 360 g/mol. The number of aldehydes is 1. The number of hydrogen-bond acceptors (Lipinski definition) is 3. The number of benzene rings is 1. The minimum atomic E-state index is -1.07. The molecule has 0 spiro atoms. The lowest BCUT2D eigenvalue weighted by Gasteiger charge is -2.11. The third-order valence-electron chi connectivity index (χ3n) is 5.46. The molecular weight excluding hydrogens is 328 g/mol. The number of epoxide rings is 1. The molecule has 1 aromatic carbocycles. The summed E-state index contributed by atoms with van der Waals surface area (Å²) >= 11 is 0. The van der Waals surface area contributed by atoms with Gasteiger partial charge in [0.2, 0.25) is 5.60 Å². The van der Waals surface area contributed by atoms with Gasteiger partial charge in [-0.15, -0.1) is 0 Å². The van der Waals surface area contributed by atoms with Crippen molar-refractivity contribution >= 4 is 12.3 Å². The lowest BCUT2D eigenvalue weighted by molar-refractivity contribution is -0.143. The largest absolute Gasteiger partial charge is 0.479 e. The number of carboxylic acids is 1. The van der Waals surface area contributed by atoms with Crippen molar-refractivity contribution in [3.05, 3.63) is 35.9 Å². The monoisotopic (exact) mass is 360 g/mol. The molecule has 144 valence electrons. The van der Waals surface area contributed by atoms with Crippen LogP contribution < -0.4 is 0 Å². The van der Waals surface area contributed by atoms with E-state index in [1.807, 2.05) is 25.1 Å². The van der Waals surface area contributed by atoms with Crippen LogP contribution in [0.1, 0.15) is 76.7 Å². The second kappa shape index (κ2) is 10.5. The van der Waals surface area contributed by atoms with Crippen LogP contribution in [0, 0.1) is 5.92 Å². The molecule has 0 bridgehead atoms. The SMILES string of the molecule is CCC1OC1(C(=O)O)c1ccccc1.O=CC1CCCCCCCCC1. The Kier molecular flexibility index (Phi) is 8.30. The maximum atomic E-state index is 11.1. The standard InChI is InChI=1S/C11H12O3.C11H20O/c1-2-9-11(14-9,10(12)13)8-6-4-3-5-7-8;12-10-11-8-6-4-2-1-3-5-7-9-11/h3-7,9H,2H2,1H3,(H,12,13);10-11H,1-9H2. The number of hydrogen-bond donors (Lipinski definition) is 1. The van der Waals surface area contributed by atoms with Crippen LogP contribution in [-0.4, -0.2) is 23.5 Å². The Morgan fingerprint density at radius 1 is 1.08 bits per heavy atom. The topological polar surface area (TPSA) is 66.9 Å². The van der Waals surface area contributed by atoms with Crippen molar-refractivity contribution in [1.82, 2.24) is 0 Å². The molecule has 1 saturated heterocycles. The van der Waals surface area contributed by atoms with E-state index in [4.69, 9.17) is 9.84 Å². The molecule has 2 fully saturated rings. The maximum Gasteiger partial charge on any atom is 0.343 e. The number of carbonyl (C=O) groups is 2. The molecule has 1 N–H and O–H groups in total. The van der Waals surface area contributed by atoms with E-state index < -0.39 is 11.6 Å². The summed E-state index contributed by atoms with van der Waals surface area (Å²) in [6.07, 6.45) is 13.4. The first-order chi connectivity index (χ1) is 12.6. The fourth-order valence-electron chi connectivity index (χ4n) is 3.79. The fourth-order valence-corrected chi connectivity index (χ4v) is 3.79. The summed E-state index contributed by atoms with van der Waals surface area (Å²) in [4.78, 5) is 21.8. The molecule has 1 saturated carbocycles. The van der Waals surface area contributed by atoms with Gasteiger partial charge < -0.3 is 14.6 Å². The van der Waals surface area contributed by atoms with Crippen molar-refractivity contribution in [1.29, 1.82) is 0 Å². The zero-order chi connectivity index (χ0) is 18.8. The second-order valence-corrected chi connectivity index (χ2v) is 7.37. The molecular formula is C22H32O4. The first-order valence-electron chi connectivity index (χ1n) is 10.1. The van der Waals surface area contributed by atoms with Crippen LogP contribution in [0.25, 0.3) is 0 Å². The molecule has 2 unspecified atom stereocenters. The first-order valence-corrected chi connectivity index (χ1v) is 10.1. The zero-order valence-electron chi connectivity index (χ0n) is 15.9. The maximum absolute atomic E-state index is 11.1. The molecule has 3 rings (SSSR count). The van der Waals surface area contributed by atoms with Gasteiger partial charge in [0, 0.05) is 5.92 Å². The van der Waals surface area contributed by atoms with Crippen molar-refractivity contribution in [2.24, 2.45) is 5.92 Å². The molecule has 4 heteroatoms. The van der Waals surface area contributed by atoms with Crippen molar-refractivity contribution in [3.63, 3.8) is 0 Å². The van der Waals surface area contributed by atoms with Gasteiger partial charge in [0.25, 0.3) is 0 Å². The Hall–Kier alpha value is -1.68. The van der Waals surface area contributed by atoms with Gasteiger partial charge in [-0.1, -0.05) is 82.2 Å². The van der Waals surface area contributed by atoms with Gasteiger partial charge in [0.05, 0.1) is 0 Å². The highest BCUT2D eigenvalue weighted by atomic mass is 16.6. The van der Waals surface area contributed by atoms with Crippen molar-refractivity contribution in [2.75, 3.05) is 0 Å². The average Bonchev–Trinajstić information content (AvgIpc) is 3.43. The molecule has 1 aliphatic carbocycles. The van der Waals surface area contributed by atoms with E-state index >= 15 is 0 Å². The Balaban J connectivity index is 0.000000190. The fraction of sp³-hybridized carbons (Fsp3) is 0.636. The predicted molar refractivity (Wildman–Crippen MR) is 102 cm³/mol. The highest BCUT2D eigenvalue weighted by Gasteiger charge is 2.63. The Labute approximate surface area is 156 Å². The van der Waals surface area contributed by atoms with Crippen LogP contribution in [0.3, 0.4) is 0 Å². The summed E-state index contributed by atoms with van der Waals surface area (Å²) in [5, 5.41) is 9.13. The summed E-state index contributed by atoms with van der Waals surface area (Å²) in [6.45, 7) is 1.93. The van der Waals surface area contributed by atoms with Gasteiger partial charge >= 0.3 is 5.97 Å². The quantitative estimate of drug-likeness (QED) is 0.599. The van der Waals surface area contributed by atoms with E-state index in [0.29, 0.717) is 5.92 Å². The Morgan fingerprint density at radius 3 is 2.04 bits per heavy atom. The summed E-state index contributed by atoms with van der Waals surface area (Å²) in [7, 11) is 0. The van der Waals surface area contributed by atoms with E-state index in [9.17, 15) is 9.59 Å². The molecule has 2 aliphatic rings. The third-order valence-corrected chi connectivity index (χ3v) is 5.46. The normalized spacial score (nSPS) is 26.9. The zero-order valence-corrected chi connectivity index (χ0v) is 15.9. The lowest BCUT2D eigenvalue weighted by atomic mass is 9.93. The molecule has 1 heterocycles. The third kappa shape index (κ3) is 5.41. The van der Waals surface area contributed by atoms with Crippen LogP contribution >= 0.6 is 0 Å². The van der Waals surface area contributed by atoms with E-state index in [1.165, 1.54) is 51.2 Å². The van der Waals surface area contributed by atoms with Crippen molar-refractivity contribution < 1.29 is 19.4 Å². The van der Waals surface area contributed by atoms with Gasteiger partial charge in [-0.05, 0) is 24.8 Å². The highest BCUT2D eigenvalue weighted by molar-refractivity contribution is 5.83. The van der Waals surface area contributed by atoms with Crippen LogP contribution in [0.15, 0.2) is 30.3 Å². The van der Waals surface area contributed by atoms with Gasteiger partial charge in [0.15, 0.2) is 0 Å². The number of rotatable bonds is 4. The van der Waals surface area contributed by atoms with Crippen molar-refractivity contribution in [2.45, 2.75) is 82.8 Å². The molecule has 0 amide bonds. The molecule has 0 aromatic heterocycles. The van der Waals surface area contributed by atoms with Gasteiger partial charge in [0.1, 0.15) is 12.4 Å². The molecule has 2 atom stereocenters. The summed E-state index contributed by atoms with van der Waals surface area (Å²) in [6, 6.07) is 9.11. The minimum absolute atomic E-state index is 0.178. The molecule has 1 aromatic rings. The van der Waals surface area contributed by atoms with Crippen LogP contribution in [-0.2, 0) is 19.9 Å². The first kappa shape index (κ1) is 20.6. The van der Waals surface area contributed by atoms with E-state index in [0.717, 1.165) is 24.8 Å². The molecule has 4 nitrogen and oxygen atoms in total. The van der Waals surface area contributed by atoms with E-state index in [1.54, 1.807) is 12.1 Å². The summed E-state index contributed by atoms with van der Waals surface area (Å²) in [5.74, 6) is -0.515. The Morgan fingerprint density at radius 2 is 1.62 bits per heavy atom. The van der Waals surface area contributed by atoms with Gasteiger partial charge in [-0.25, -0.2) is 4.79 Å². The minimum Gasteiger partial charge on any atom is -0.479 e. The summed E-state index contributed by atoms with van der Waals surface area (Å²) < 4.78 is 5.30. The predicted octanol–water partition coefficient (Wildman–Crippen LogP) is 5.10. The number of carbonyl (C=O) groups excluding carboxylic acids is 1. The Bertz CT molecular complexity index is 547. The number of carboxylic acid groups (broad SMARTS) is 1. The van der Waals surface area contributed by atoms with E-state index in [-0.39, 0.29) is 6.10 Å². The van der Waals surface area contributed by atoms with Crippen molar-refractivity contribution in [3.8, 4) is 0 Å². The molecule has 26 heavy (non-hydrogen) atoms. The van der Waals surface area contributed by atoms with Gasteiger partial charge in [-0.3, -0.25) is 0 Å². The van der Waals surface area contributed by atoms with Crippen LogP contribution in [0.2, 0.25) is 0 Å². The van der Waals surface area contributed by atoms with Crippen LogP contribution in [0.4, 0.5) is 0 Å². The van der Waals surface area contributed by atoms with E-state index in [2.05, 4.69) is 0 Å². The summed E-state index contributed by atoms with van der Waals surface area (Å²) in [5.41, 5.74) is -0.338. The van der Waals surface area contributed by atoms with Crippen LogP contribution in [0.5, 0.6) is 0 Å². The second-order valence-electron chi connectivity index (χ2n) is 7.37. The smallest absolute Gasteiger partial charge is 0.343 e. The molecule has 0 radical (unpaired) electrons. The number of aliphatic carboxylic acids is 1. The number of ether oxygens (including phenoxy) is 1. The highest BCUT2D eigenvalue weighted by Crippen LogP contribution is 2.48. The van der Waals surface area contributed by atoms with Gasteiger partial charge in [-0.2, -0.15) is 0 Å². The molecule has 1 aliphatic heterocycles. The lowest BCUT2D eigenvalue weighted by Crippen LogP contribution is -2.24.